The van der Waals surface area contributed by atoms with E-state index >= 15 is 0 Å². The second-order valence-electron chi connectivity index (χ2n) is 4.68. The summed E-state index contributed by atoms with van der Waals surface area (Å²) >= 11 is 1.61. The molecule has 0 fully saturated rings. The van der Waals surface area contributed by atoms with Crippen molar-refractivity contribution in [2.24, 2.45) is 7.05 Å². The van der Waals surface area contributed by atoms with Crippen LogP contribution in [0.2, 0.25) is 0 Å². The molecule has 0 radical (unpaired) electrons. The van der Waals surface area contributed by atoms with Gasteiger partial charge in [0.25, 0.3) is 10.0 Å². The topological polar surface area (TPSA) is 94.7 Å². The Bertz CT molecular complexity index is 892. The summed E-state index contributed by atoms with van der Waals surface area (Å²) in [4.78, 5) is 2.32. The van der Waals surface area contributed by atoms with Gasteiger partial charge in [-0.05, 0) is 23.9 Å². The van der Waals surface area contributed by atoms with Crippen LogP contribution in [0, 0.1) is 6.92 Å². The summed E-state index contributed by atoms with van der Waals surface area (Å²) in [5, 5.41) is 13.6. The predicted molar refractivity (Wildman–Crippen MR) is 82.2 cm³/mol. The van der Waals surface area contributed by atoms with Gasteiger partial charge in [0.15, 0.2) is 0 Å². The quantitative estimate of drug-likeness (QED) is 0.755. The van der Waals surface area contributed by atoms with Crippen molar-refractivity contribution in [2.45, 2.75) is 18.5 Å². The maximum Gasteiger partial charge on any atom is 0.284 e. The summed E-state index contributed by atoms with van der Waals surface area (Å²) < 4.78 is 28.6. The van der Waals surface area contributed by atoms with Gasteiger partial charge in [0.05, 0.1) is 18.9 Å². The summed E-state index contributed by atoms with van der Waals surface area (Å²) in [6.07, 6.45) is 2.75. The van der Waals surface area contributed by atoms with E-state index in [1.54, 1.807) is 35.3 Å². The van der Waals surface area contributed by atoms with Gasteiger partial charge in [-0.25, -0.2) is 4.68 Å². The molecule has 3 rings (SSSR count). The minimum atomic E-state index is -3.78. The van der Waals surface area contributed by atoms with Crippen LogP contribution < -0.4 is 4.72 Å². The fourth-order valence-corrected chi connectivity index (χ4v) is 3.74. The third-order valence-electron chi connectivity index (χ3n) is 3.07. The Morgan fingerprint density at radius 1 is 1.32 bits per heavy atom. The molecule has 0 unspecified atom stereocenters. The molecule has 0 aliphatic rings. The zero-order valence-corrected chi connectivity index (χ0v) is 13.6. The number of thiophene rings is 1. The van der Waals surface area contributed by atoms with E-state index in [0.717, 1.165) is 10.4 Å². The fourth-order valence-electron chi connectivity index (χ4n) is 1.89. The van der Waals surface area contributed by atoms with E-state index in [1.165, 1.54) is 11.0 Å². The lowest BCUT2D eigenvalue weighted by molar-refractivity contribution is 0.587. The molecule has 0 amide bonds. The van der Waals surface area contributed by atoms with E-state index in [4.69, 9.17) is 0 Å². The maximum absolute atomic E-state index is 12.3. The third-order valence-corrected chi connectivity index (χ3v) is 5.29. The van der Waals surface area contributed by atoms with Crippen molar-refractivity contribution in [3.8, 4) is 0 Å². The number of aryl methyl sites for hydroxylation is 2. The number of rotatable bonds is 5. The van der Waals surface area contributed by atoms with E-state index in [-0.39, 0.29) is 5.03 Å². The van der Waals surface area contributed by atoms with Crippen molar-refractivity contribution < 1.29 is 8.42 Å². The molecule has 3 aromatic rings. The lowest BCUT2D eigenvalue weighted by atomic mass is 10.3. The number of nitrogens with one attached hydrogen (secondary N) is 1. The zero-order valence-electron chi connectivity index (χ0n) is 12.0. The predicted octanol–water partition coefficient (Wildman–Crippen LogP) is 1.23. The molecule has 0 spiro atoms. The molecule has 3 aromatic heterocycles. The van der Waals surface area contributed by atoms with Crippen LogP contribution in [0.1, 0.15) is 10.4 Å². The SMILES string of the molecule is Cc1ccsc1Cn1nccc1NS(=O)(=O)c1cnn(C)n1. The van der Waals surface area contributed by atoms with Crippen molar-refractivity contribution in [2.75, 3.05) is 4.72 Å². The van der Waals surface area contributed by atoms with E-state index in [9.17, 15) is 8.42 Å². The molecule has 0 bridgehead atoms. The Hall–Kier alpha value is -2.20. The van der Waals surface area contributed by atoms with Gasteiger partial charge in [-0.2, -0.15) is 23.4 Å². The van der Waals surface area contributed by atoms with Crippen molar-refractivity contribution in [3.05, 3.63) is 40.3 Å². The maximum atomic E-state index is 12.3. The highest BCUT2D eigenvalue weighted by atomic mass is 32.2. The van der Waals surface area contributed by atoms with Gasteiger partial charge in [0, 0.05) is 18.0 Å². The zero-order chi connectivity index (χ0) is 15.7. The summed E-state index contributed by atoms with van der Waals surface area (Å²) in [6.45, 7) is 2.52. The largest absolute Gasteiger partial charge is 0.284 e. The van der Waals surface area contributed by atoms with Gasteiger partial charge in [-0.15, -0.1) is 16.4 Å². The van der Waals surface area contributed by atoms with Crippen LogP contribution in [-0.2, 0) is 23.6 Å². The number of anilines is 1. The third kappa shape index (κ3) is 2.88. The summed E-state index contributed by atoms with van der Waals surface area (Å²) in [6, 6.07) is 3.63. The van der Waals surface area contributed by atoms with Gasteiger partial charge in [0.1, 0.15) is 5.82 Å². The number of sulfonamides is 1. The first-order valence-corrected chi connectivity index (χ1v) is 8.76. The van der Waals surface area contributed by atoms with Crippen LogP contribution in [0.15, 0.2) is 34.9 Å². The standard InChI is InChI=1S/C12H14N6O2S2/c1-9-4-6-21-10(9)8-18-11(3-5-13-18)16-22(19,20)12-7-14-17(2)15-12/h3-7,16H,8H2,1-2H3. The van der Waals surface area contributed by atoms with E-state index in [1.807, 2.05) is 18.4 Å². The molecule has 0 aliphatic carbocycles. The van der Waals surface area contributed by atoms with Crippen LogP contribution in [0.4, 0.5) is 5.82 Å². The van der Waals surface area contributed by atoms with Crippen LogP contribution in [0.5, 0.6) is 0 Å². The Labute approximate surface area is 131 Å². The molecule has 0 atom stereocenters. The summed E-state index contributed by atoms with van der Waals surface area (Å²) in [5.74, 6) is 0.387. The number of nitrogens with zero attached hydrogens (tertiary/aromatic N) is 5. The molecule has 22 heavy (non-hydrogen) atoms. The molecule has 0 saturated heterocycles. The van der Waals surface area contributed by atoms with Crippen molar-refractivity contribution in [3.63, 3.8) is 0 Å². The highest BCUT2D eigenvalue weighted by Crippen LogP contribution is 2.20. The molecule has 10 heteroatoms. The molecular weight excluding hydrogens is 324 g/mol. The van der Waals surface area contributed by atoms with Gasteiger partial charge in [0.2, 0.25) is 5.03 Å². The molecule has 3 heterocycles. The lowest BCUT2D eigenvalue weighted by Gasteiger charge is -2.09. The molecule has 8 nitrogen and oxygen atoms in total. The van der Waals surface area contributed by atoms with Crippen molar-refractivity contribution in [1.29, 1.82) is 0 Å². The number of hydrogen-bond donors (Lipinski definition) is 1. The van der Waals surface area contributed by atoms with Crippen LogP contribution in [-0.4, -0.2) is 33.2 Å². The number of hydrogen-bond acceptors (Lipinski definition) is 6. The smallest absolute Gasteiger partial charge is 0.262 e. The fraction of sp³-hybridized carbons (Fsp3) is 0.250. The van der Waals surface area contributed by atoms with Crippen molar-refractivity contribution >= 4 is 27.2 Å². The van der Waals surface area contributed by atoms with Crippen LogP contribution in [0.3, 0.4) is 0 Å². The summed E-state index contributed by atoms with van der Waals surface area (Å²) in [5.41, 5.74) is 1.16. The summed E-state index contributed by atoms with van der Waals surface area (Å²) in [7, 11) is -2.22. The highest BCUT2D eigenvalue weighted by molar-refractivity contribution is 7.92. The van der Waals surface area contributed by atoms with Crippen LogP contribution >= 0.6 is 11.3 Å². The average Bonchev–Trinajstić information content (AvgIpc) is 3.15. The second kappa shape index (κ2) is 5.54. The molecule has 116 valence electrons. The van der Waals surface area contributed by atoms with Gasteiger partial charge in [-0.1, -0.05) is 0 Å². The minimum Gasteiger partial charge on any atom is -0.262 e. The van der Waals surface area contributed by atoms with Gasteiger partial charge < -0.3 is 0 Å². The monoisotopic (exact) mass is 338 g/mol. The minimum absolute atomic E-state index is 0.130. The van der Waals surface area contributed by atoms with Gasteiger partial charge in [-0.3, -0.25) is 4.72 Å². The number of aromatic nitrogens is 5. The Balaban J connectivity index is 1.85. The Morgan fingerprint density at radius 2 is 2.14 bits per heavy atom. The molecule has 0 aromatic carbocycles. The molecular formula is C12H14N6O2S2. The molecule has 0 aliphatic heterocycles. The highest BCUT2D eigenvalue weighted by Gasteiger charge is 2.20. The first kappa shape index (κ1) is 14.7. The van der Waals surface area contributed by atoms with Crippen LogP contribution in [0.25, 0.3) is 0 Å². The average molecular weight is 338 g/mol. The van der Waals surface area contributed by atoms with Crippen molar-refractivity contribution in [1.82, 2.24) is 24.8 Å². The molecule has 1 N–H and O–H groups in total. The Kier molecular flexibility index (Phi) is 3.71. The van der Waals surface area contributed by atoms with Gasteiger partial charge >= 0.3 is 0 Å². The molecule has 0 saturated carbocycles. The Morgan fingerprint density at radius 3 is 2.77 bits per heavy atom. The first-order valence-electron chi connectivity index (χ1n) is 6.39. The first-order chi connectivity index (χ1) is 10.5. The van der Waals surface area contributed by atoms with E-state index < -0.39 is 10.0 Å². The van der Waals surface area contributed by atoms with E-state index in [0.29, 0.717) is 12.4 Å². The second-order valence-corrected chi connectivity index (χ2v) is 7.31. The normalized spacial score (nSPS) is 11.7. The lowest BCUT2D eigenvalue weighted by Crippen LogP contribution is -2.17. The van der Waals surface area contributed by atoms with E-state index in [2.05, 4.69) is 20.0 Å².